The van der Waals surface area contributed by atoms with Crippen molar-refractivity contribution < 1.29 is 12.3 Å². The van der Waals surface area contributed by atoms with E-state index < -0.39 is 15.5 Å². The third-order valence-corrected chi connectivity index (χ3v) is 4.76. The van der Waals surface area contributed by atoms with E-state index in [0.29, 0.717) is 12.8 Å². The average molecular weight is 223 g/mol. The van der Waals surface area contributed by atoms with E-state index in [4.69, 9.17) is 0 Å². The molecule has 1 saturated carbocycles. The van der Waals surface area contributed by atoms with Crippen LogP contribution in [0.3, 0.4) is 0 Å². The van der Waals surface area contributed by atoms with Gasteiger partial charge in [0.05, 0.1) is 5.25 Å². The molecule has 84 valence electrons. The molecule has 1 aliphatic rings. The van der Waals surface area contributed by atoms with Gasteiger partial charge in [-0.1, -0.05) is 0 Å². The molecule has 0 unspecified atom stereocenters. The summed E-state index contributed by atoms with van der Waals surface area (Å²) in [4.78, 5) is 2.09. The predicted octanol–water partition coefficient (Wildman–Crippen LogP) is 1.55. The van der Waals surface area contributed by atoms with Crippen LogP contribution in [0.15, 0.2) is 0 Å². The molecule has 0 aromatic carbocycles. The molecule has 0 radical (unpaired) electrons. The van der Waals surface area contributed by atoms with Gasteiger partial charge in [0.1, 0.15) is 0 Å². The number of hydrogen-bond acceptors (Lipinski definition) is 3. The second-order valence-corrected chi connectivity index (χ2v) is 6.18. The van der Waals surface area contributed by atoms with Crippen molar-refractivity contribution >= 4 is 10.2 Å². The van der Waals surface area contributed by atoms with Crippen LogP contribution in [0.5, 0.6) is 0 Å². The SMILES string of the molecule is CN(C)C1(C)CCC(S(=O)(=O)F)CC1. The maximum Gasteiger partial charge on any atom is 0.305 e. The topological polar surface area (TPSA) is 37.4 Å². The highest BCUT2D eigenvalue weighted by atomic mass is 32.3. The van der Waals surface area contributed by atoms with Crippen LogP contribution in [0.4, 0.5) is 3.89 Å². The fraction of sp³-hybridized carbons (Fsp3) is 1.00. The number of nitrogens with zero attached hydrogens (tertiary/aromatic N) is 1. The van der Waals surface area contributed by atoms with Gasteiger partial charge in [0.2, 0.25) is 0 Å². The van der Waals surface area contributed by atoms with E-state index in [0.717, 1.165) is 12.8 Å². The maximum absolute atomic E-state index is 12.7. The smallest absolute Gasteiger partial charge is 0.304 e. The molecule has 0 heterocycles. The molecule has 1 rings (SSSR count). The first-order valence-electron chi connectivity index (χ1n) is 4.86. The Labute approximate surface area is 85.5 Å². The van der Waals surface area contributed by atoms with Crippen molar-refractivity contribution in [3.63, 3.8) is 0 Å². The molecule has 0 N–H and O–H groups in total. The minimum atomic E-state index is -4.32. The van der Waals surface area contributed by atoms with Crippen LogP contribution in [-0.4, -0.2) is 38.2 Å². The maximum atomic E-state index is 12.7. The predicted molar refractivity (Wildman–Crippen MR) is 54.4 cm³/mol. The Morgan fingerprint density at radius 1 is 1.29 bits per heavy atom. The van der Waals surface area contributed by atoms with E-state index in [-0.39, 0.29) is 5.54 Å². The van der Waals surface area contributed by atoms with Gasteiger partial charge in [0.15, 0.2) is 0 Å². The third kappa shape index (κ3) is 2.45. The van der Waals surface area contributed by atoms with Crippen LogP contribution in [-0.2, 0) is 10.2 Å². The first-order chi connectivity index (χ1) is 6.26. The van der Waals surface area contributed by atoms with Gasteiger partial charge in [-0.2, -0.15) is 8.42 Å². The molecule has 0 atom stereocenters. The number of hydrogen-bond donors (Lipinski definition) is 0. The molecule has 1 fully saturated rings. The van der Waals surface area contributed by atoms with Gasteiger partial charge in [0, 0.05) is 5.54 Å². The van der Waals surface area contributed by atoms with Gasteiger partial charge in [-0.25, -0.2) is 0 Å². The minimum Gasteiger partial charge on any atom is -0.304 e. The summed E-state index contributed by atoms with van der Waals surface area (Å²) >= 11 is 0. The summed E-state index contributed by atoms with van der Waals surface area (Å²) in [5.74, 6) is 0. The Bertz CT molecular complexity index is 292. The average Bonchev–Trinajstić information content (AvgIpc) is 2.03. The molecule has 0 spiro atoms. The molecule has 5 heteroatoms. The standard InChI is InChI=1S/C9H18FNO2S/c1-9(11(2)3)6-4-8(5-7-9)14(10,12)13/h8H,4-7H2,1-3H3. The van der Waals surface area contributed by atoms with Gasteiger partial charge >= 0.3 is 10.2 Å². The van der Waals surface area contributed by atoms with E-state index in [1.54, 1.807) is 0 Å². The van der Waals surface area contributed by atoms with Crippen LogP contribution in [0.25, 0.3) is 0 Å². The quantitative estimate of drug-likeness (QED) is 0.667. The van der Waals surface area contributed by atoms with Crippen molar-refractivity contribution in [1.82, 2.24) is 4.90 Å². The summed E-state index contributed by atoms with van der Waals surface area (Å²) in [6.07, 6.45) is 2.36. The zero-order chi connectivity index (χ0) is 11.0. The fourth-order valence-electron chi connectivity index (χ4n) is 1.94. The normalized spacial score (nSPS) is 34.8. The van der Waals surface area contributed by atoms with E-state index in [1.165, 1.54) is 0 Å². The molecular weight excluding hydrogens is 205 g/mol. The number of rotatable bonds is 2. The Kier molecular flexibility index (Phi) is 3.21. The summed E-state index contributed by atoms with van der Waals surface area (Å²) in [6, 6.07) is 0. The monoisotopic (exact) mass is 223 g/mol. The molecule has 0 amide bonds. The first kappa shape index (κ1) is 11.9. The van der Waals surface area contributed by atoms with Gasteiger partial charge < -0.3 is 4.90 Å². The van der Waals surface area contributed by atoms with Crippen LogP contribution in [0.2, 0.25) is 0 Å². The Balaban J connectivity index is 2.63. The third-order valence-electron chi connectivity index (χ3n) is 3.49. The summed E-state index contributed by atoms with van der Waals surface area (Å²) in [5, 5.41) is -0.768. The molecule has 0 aromatic heterocycles. The summed E-state index contributed by atoms with van der Waals surface area (Å²) in [5.41, 5.74) is 0.0290. The molecule has 0 bridgehead atoms. The second-order valence-electron chi connectivity index (χ2n) is 4.57. The lowest BCUT2D eigenvalue weighted by Crippen LogP contribution is -2.45. The molecule has 0 saturated heterocycles. The van der Waals surface area contributed by atoms with E-state index in [2.05, 4.69) is 11.8 Å². The lowest BCUT2D eigenvalue weighted by Gasteiger charge is -2.41. The molecule has 0 aromatic rings. The molecule has 3 nitrogen and oxygen atoms in total. The van der Waals surface area contributed by atoms with E-state index >= 15 is 0 Å². The van der Waals surface area contributed by atoms with Crippen LogP contribution in [0, 0.1) is 0 Å². The summed E-state index contributed by atoms with van der Waals surface area (Å²) < 4.78 is 34.1. The number of halogens is 1. The second kappa shape index (κ2) is 3.77. The lowest BCUT2D eigenvalue weighted by atomic mass is 9.82. The van der Waals surface area contributed by atoms with Gasteiger partial charge in [-0.3, -0.25) is 0 Å². The van der Waals surface area contributed by atoms with Crippen LogP contribution in [0.1, 0.15) is 32.6 Å². The zero-order valence-electron chi connectivity index (χ0n) is 8.96. The fourth-order valence-corrected chi connectivity index (χ4v) is 2.74. The highest BCUT2D eigenvalue weighted by molar-refractivity contribution is 7.87. The van der Waals surface area contributed by atoms with E-state index in [9.17, 15) is 12.3 Å². The largest absolute Gasteiger partial charge is 0.305 e. The molecule has 14 heavy (non-hydrogen) atoms. The van der Waals surface area contributed by atoms with Crippen molar-refractivity contribution in [3.8, 4) is 0 Å². The summed E-state index contributed by atoms with van der Waals surface area (Å²) in [6.45, 7) is 2.09. The zero-order valence-corrected chi connectivity index (χ0v) is 9.77. The van der Waals surface area contributed by atoms with Crippen LogP contribution < -0.4 is 0 Å². The lowest BCUT2D eigenvalue weighted by molar-refractivity contribution is 0.121. The highest BCUT2D eigenvalue weighted by Gasteiger charge is 2.37. The Morgan fingerprint density at radius 3 is 2.00 bits per heavy atom. The minimum absolute atomic E-state index is 0.0290. The van der Waals surface area contributed by atoms with Crippen LogP contribution >= 0.6 is 0 Å². The Morgan fingerprint density at radius 2 is 1.71 bits per heavy atom. The first-order valence-corrected chi connectivity index (χ1v) is 6.31. The van der Waals surface area contributed by atoms with Gasteiger partial charge in [0.25, 0.3) is 0 Å². The van der Waals surface area contributed by atoms with Crippen molar-refractivity contribution in [2.75, 3.05) is 14.1 Å². The van der Waals surface area contributed by atoms with Crippen molar-refractivity contribution in [3.05, 3.63) is 0 Å². The van der Waals surface area contributed by atoms with Crippen molar-refractivity contribution in [2.45, 2.75) is 43.4 Å². The molecule has 0 aliphatic heterocycles. The van der Waals surface area contributed by atoms with Gasteiger partial charge in [-0.15, -0.1) is 3.89 Å². The van der Waals surface area contributed by atoms with Crippen molar-refractivity contribution in [1.29, 1.82) is 0 Å². The molecular formula is C9H18FNO2S. The summed E-state index contributed by atoms with van der Waals surface area (Å²) in [7, 11) is -0.367. The van der Waals surface area contributed by atoms with Gasteiger partial charge in [-0.05, 0) is 46.7 Å². The Hall–Kier alpha value is -0.160. The van der Waals surface area contributed by atoms with Crippen molar-refractivity contribution in [2.24, 2.45) is 0 Å². The van der Waals surface area contributed by atoms with E-state index in [1.807, 2.05) is 14.1 Å². The highest BCUT2D eigenvalue weighted by Crippen LogP contribution is 2.34. The molecule has 1 aliphatic carbocycles.